The van der Waals surface area contributed by atoms with Crippen molar-refractivity contribution in [2.75, 3.05) is 19.6 Å². The minimum atomic E-state index is -0.471. The quantitative estimate of drug-likeness (QED) is 0.836. The maximum absolute atomic E-state index is 12.2. The van der Waals surface area contributed by atoms with Gasteiger partial charge < -0.3 is 9.64 Å². The molecule has 2 rings (SSSR count). The molecular formula is C15H23ClN4O2. The molecule has 1 atom stereocenters. The van der Waals surface area contributed by atoms with Gasteiger partial charge in [-0.1, -0.05) is 11.6 Å². The lowest BCUT2D eigenvalue weighted by Crippen LogP contribution is -2.54. The van der Waals surface area contributed by atoms with E-state index in [0.717, 1.165) is 18.8 Å². The minimum Gasteiger partial charge on any atom is -0.444 e. The number of carbonyl (C=O) groups is 1. The lowest BCUT2D eigenvalue weighted by atomic mass is 10.2. The Balaban J connectivity index is 1.93. The maximum atomic E-state index is 12.2. The van der Waals surface area contributed by atoms with Gasteiger partial charge in [0.25, 0.3) is 0 Å². The molecule has 0 N–H and O–H groups in total. The van der Waals surface area contributed by atoms with Crippen LogP contribution in [0.2, 0.25) is 5.15 Å². The summed E-state index contributed by atoms with van der Waals surface area (Å²) in [7, 11) is 0. The van der Waals surface area contributed by atoms with E-state index < -0.39 is 5.60 Å². The Hall–Kier alpha value is -1.40. The molecule has 1 aromatic heterocycles. The van der Waals surface area contributed by atoms with Crippen LogP contribution in [-0.4, -0.2) is 57.1 Å². The van der Waals surface area contributed by atoms with Crippen LogP contribution in [0.3, 0.4) is 0 Å². The highest BCUT2D eigenvalue weighted by molar-refractivity contribution is 6.29. The van der Waals surface area contributed by atoms with E-state index in [4.69, 9.17) is 16.3 Å². The number of halogens is 1. The summed E-state index contributed by atoms with van der Waals surface area (Å²) >= 11 is 6.05. The van der Waals surface area contributed by atoms with Gasteiger partial charge in [0.05, 0.1) is 5.69 Å². The Bertz CT molecular complexity index is 533. The van der Waals surface area contributed by atoms with E-state index in [-0.39, 0.29) is 12.1 Å². The molecule has 7 heteroatoms. The lowest BCUT2D eigenvalue weighted by molar-refractivity contribution is 0.000426. The fraction of sp³-hybridized carbons (Fsp3) is 0.667. The van der Waals surface area contributed by atoms with Crippen molar-refractivity contribution < 1.29 is 9.53 Å². The van der Waals surface area contributed by atoms with Crippen molar-refractivity contribution in [3.8, 4) is 0 Å². The predicted octanol–water partition coefficient (Wildman–Crippen LogP) is 2.57. The van der Waals surface area contributed by atoms with Crippen LogP contribution in [-0.2, 0) is 11.3 Å². The molecule has 0 saturated carbocycles. The lowest BCUT2D eigenvalue weighted by Gasteiger charge is -2.40. The summed E-state index contributed by atoms with van der Waals surface area (Å²) in [6.45, 7) is 10.4. The summed E-state index contributed by atoms with van der Waals surface area (Å²) in [6, 6.07) is 0.0825. The van der Waals surface area contributed by atoms with Gasteiger partial charge in [0, 0.05) is 44.6 Å². The molecule has 0 bridgehead atoms. The van der Waals surface area contributed by atoms with Crippen LogP contribution in [0.25, 0.3) is 0 Å². The number of ether oxygens (including phenoxy) is 1. The number of nitrogens with zero attached hydrogens (tertiary/aromatic N) is 4. The summed E-state index contributed by atoms with van der Waals surface area (Å²) in [6.07, 6.45) is 2.97. The number of rotatable bonds is 2. The molecule has 1 amide bonds. The normalized spacial score (nSPS) is 20.0. The van der Waals surface area contributed by atoms with Gasteiger partial charge in [-0.3, -0.25) is 9.88 Å². The van der Waals surface area contributed by atoms with E-state index in [1.165, 1.54) is 0 Å². The van der Waals surface area contributed by atoms with Crippen molar-refractivity contribution in [3.05, 3.63) is 23.2 Å². The average molecular weight is 327 g/mol. The van der Waals surface area contributed by atoms with Crippen LogP contribution >= 0.6 is 11.6 Å². The molecule has 1 aromatic rings. The van der Waals surface area contributed by atoms with Crippen molar-refractivity contribution in [2.24, 2.45) is 0 Å². The smallest absolute Gasteiger partial charge is 0.410 e. The zero-order valence-electron chi connectivity index (χ0n) is 13.5. The van der Waals surface area contributed by atoms with Crippen molar-refractivity contribution in [2.45, 2.75) is 45.9 Å². The second kappa shape index (κ2) is 6.79. The van der Waals surface area contributed by atoms with Gasteiger partial charge in [-0.25, -0.2) is 9.78 Å². The predicted molar refractivity (Wildman–Crippen MR) is 84.7 cm³/mol. The van der Waals surface area contributed by atoms with E-state index in [0.29, 0.717) is 18.2 Å². The molecule has 122 valence electrons. The minimum absolute atomic E-state index is 0.0825. The third-order valence-electron chi connectivity index (χ3n) is 3.44. The monoisotopic (exact) mass is 326 g/mol. The van der Waals surface area contributed by atoms with Gasteiger partial charge in [0.1, 0.15) is 5.60 Å². The molecule has 0 unspecified atom stereocenters. The molecule has 22 heavy (non-hydrogen) atoms. The van der Waals surface area contributed by atoms with Crippen molar-refractivity contribution in [1.29, 1.82) is 0 Å². The van der Waals surface area contributed by atoms with Crippen LogP contribution in [0.1, 0.15) is 33.4 Å². The summed E-state index contributed by atoms with van der Waals surface area (Å²) in [5.41, 5.74) is 0.295. The number of hydrogen-bond acceptors (Lipinski definition) is 5. The number of amides is 1. The van der Waals surface area contributed by atoms with E-state index >= 15 is 0 Å². The second-order valence-electron chi connectivity index (χ2n) is 6.55. The molecule has 1 aliphatic heterocycles. The zero-order valence-corrected chi connectivity index (χ0v) is 14.3. The fourth-order valence-electron chi connectivity index (χ4n) is 2.44. The van der Waals surface area contributed by atoms with Crippen LogP contribution in [0.15, 0.2) is 12.4 Å². The fourth-order valence-corrected chi connectivity index (χ4v) is 2.60. The third kappa shape index (κ3) is 4.55. The van der Waals surface area contributed by atoms with E-state index in [2.05, 4.69) is 14.9 Å². The summed E-state index contributed by atoms with van der Waals surface area (Å²) in [5, 5.41) is 0.435. The molecule has 2 heterocycles. The summed E-state index contributed by atoms with van der Waals surface area (Å²) in [5.74, 6) is 0. The molecule has 1 saturated heterocycles. The number of hydrogen-bond donors (Lipinski definition) is 0. The Labute approximate surface area is 136 Å². The third-order valence-corrected chi connectivity index (χ3v) is 3.75. The van der Waals surface area contributed by atoms with Gasteiger partial charge in [-0.15, -0.1) is 0 Å². The van der Waals surface area contributed by atoms with Crippen molar-refractivity contribution >= 4 is 17.7 Å². The van der Waals surface area contributed by atoms with Gasteiger partial charge in [0.15, 0.2) is 5.15 Å². The standard InChI is InChI=1S/C15H23ClN4O2/c1-11-9-19(10-12-13(16)18-6-5-17-12)7-8-20(11)14(21)22-15(2,3)4/h5-6,11H,7-10H2,1-4H3/t11-/m0/s1. The topological polar surface area (TPSA) is 58.6 Å². The first-order valence-electron chi connectivity index (χ1n) is 7.43. The number of aromatic nitrogens is 2. The molecule has 1 aliphatic rings. The largest absolute Gasteiger partial charge is 0.444 e. The molecular weight excluding hydrogens is 304 g/mol. The highest BCUT2D eigenvalue weighted by Crippen LogP contribution is 2.18. The zero-order chi connectivity index (χ0) is 16.3. The SMILES string of the molecule is C[C@H]1CN(Cc2nccnc2Cl)CCN1C(=O)OC(C)(C)C. The first-order valence-corrected chi connectivity index (χ1v) is 7.81. The van der Waals surface area contributed by atoms with E-state index in [1.54, 1.807) is 17.3 Å². The van der Waals surface area contributed by atoms with E-state index in [9.17, 15) is 4.79 Å². The van der Waals surface area contributed by atoms with E-state index in [1.807, 2.05) is 27.7 Å². The van der Waals surface area contributed by atoms with Gasteiger partial charge in [0.2, 0.25) is 0 Å². The van der Waals surface area contributed by atoms with Crippen LogP contribution < -0.4 is 0 Å². The Morgan fingerprint density at radius 1 is 1.36 bits per heavy atom. The summed E-state index contributed by atoms with van der Waals surface area (Å²) < 4.78 is 5.45. The van der Waals surface area contributed by atoms with Gasteiger partial charge >= 0.3 is 6.09 Å². The molecule has 6 nitrogen and oxygen atoms in total. The van der Waals surface area contributed by atoms with Crippen LogP contribution in [0.5, 0.6) is 0 Å². The molecule has 0 aromatic carbocycles. The Kier molecular flexibility index (Phi) is 5.24. The second-order valence-corrected chi connectivity index (χ2v) is 6.91. The Morgan fingerprint density at radius 3 is 2.64 bits per heavy atom. The first kappa shape index (κ1) is 17.0. The van der Waals surface area contributed by atoms with Gasteiger partial charge in [-0.2, -0.15) is 0 Å². The summed E-state index contributed by atoms with van der Waals surface area (Å²) in [4.78, 5) is 24.5. The van der Waals surface area contributed by atoms with Gasteiger partial charge in [-0.05, 0) is 27.7 Å². The average Bonchev–Trinajstić information content (AvgIpc) is 2.39. The highest BCUT2D eigenvalue weighted by atomic mass is 35.5. The van der Waals surface area contributed by atoms with Crippen LogP contribution in [0.4, 0.5) is 4.79 Å². The first-order chi connectivity index (χ1) is 10.3. The molecule has 0 aliphatic carbocycles. The highest BCUT2D eigenvalue weighted by Gasteiger charge is 2.31. The maximum Gasteiger partial charge on any atom is 0.410 e. The molecule has 1 fully saturated rings. The Morgan fingerprint density at radius 2 is 2.05 bits per heavy atom. The van der Waals surface area contributed by atoms with Crippen LogP contribution in [0, 0.1) is 0 Å². The number of piperazine rings is 1. The van der Waals surface area contributed by atoms with Crippen molar-refractivity contribution in [3.63, 3.8) is 0 Å². The molecule has 0 spiro atoms. The van der Waals surface area contributed by atoms with Crippen molar-refractivity contribution in [1.82, 2.24) is 19.8 Å². The number of carbonyl (C=O) groups excluding carboxylic acids is 1. The molecule has 0 radical (unpaired) electrons.